The number of rotatable bonds is 4. The molecule has 3 rings (SSSR count). The van der Waals surface area contributed by atoms with E-state index in [9.17, 15) is 14.7 Å². The molecule has 1 amide bonds. The van der Waals surface area contributed by atoms with E-state index in [0.717, 1.165) is 18.7 Å². The Labute approximate surface area is 165 Å². The number of hydrogen-bond donors (Lipinski definition) is 1. The molecule has 2 aromatic carbocycles. The highest BCUT2D eigenvalue weighted by Crippen LogP contribution is 2.24. The maximum atomic E-state index is 12.4. The average molecular weight is 382 g/mol. The summed E-state index contributed by atoms with van der Waals surface area (Å²) in [6.45, 7) is 8.34. The molecule has 1 heterocycles. The molecule has 6 heteroatoms. The van der Waals surface area contributed by atoms with Gasteiger partial charge in [0.1, 0.15) is 11.3 Å². The van der Waals surface area contributed by atoms with Crippen molar-refractivity contribution in [3.63, 3.8) is 0 Å². The van der Waals surface area contributed by atoms with Crippen molar-refractivity contribution >= 4 is 17.6 Å². The molecule has 1 saturated heterocycles. The SMILES string of the molecule is Cc1ccc(C(=O)OCC(=O)N2CCN(c3cccc(C)c3C)CC2)c(O)c1. The largest absolute Gasteiger partial charge is 0.507 e. The van der Waals surface area contributed by atoms with Crippen molar-refractivity contribution < 1.29 is 19.4 Å². The summed E-state index contributed by atoms with van der Waals surface area (Å²) in [4.78, 5) is 28.5. The van der Waals surface area contributed by atoms with Crippen LogP contribution in [0, 0.1) is 20.8 Å². The van der Waals surface area contributed by atoms with Gasteiger partial charge in [-0.1, -0.05) is 18.2 Å². The van der Waals surface area contributed by atoms with Crippen LogP contribution in [0.15, 0.2) is 36.4 Å². The van der Waals surface area contributed by atoms with E-state index >= 15 is 0 Å². The summed E-state index contributed by atoms with van der Waals surface area (Å²) in [6.07, 6.45) is 0. The minimum Gasteiger partial charge on any atom is -0.507 e. The first kappa shape index (κ1) is 19.7. The first-order valence-corrected chi connectivity index (χ1v) is 9.42. The quantitative estimate of drug-likeness (QED) is 0.824. The zero-order chi connectivity index (χ0) is 20.3. The van der Waals surface area contributed by atoms with Crippen LogP contribution < -0.4 is 4.90 Å². The van der Waals surface area contributed by atoms with E-state index in [1.54, 1.807) is 11.0 Å². The molecule has 1 aliphatic heterocycles. The predicted molar refractivity (Wildman–Crippen MR) is 108 cm³/mol. The number of ether oxygens (including phenoxy) is 1. The van der Waals surface area contributed by atoms with Crippen molar-refractivity contribution in [1.82, 2.24) is 4.90 Å². The fraction of sp³-hybridized carbons (Fsp3) is 0.364. The fourth-order valence-electron chi connectivity index (χ4n) is 3.39. The van der Waals surface area contributed by atoms with Crippen molar-refractivity contribution in [2.45, 2.75) is 20.8 Å². The molecule has 1 fully saturated rings. The summed E-state index contributed by atoms with van der Waals surface area (Å²) in [5.74, 6) is -1.06. The molecule has 6 nitrogen and oxygen atoms in total. The zero-order valence-corrected chi connectivity index (χ0v) is 16.6. The minimum absolute atomic E-state index is 0.0677. The number of amides is 1. The Kier molecular flexibility index (Phi) is 5.87. The number of phenols is 1. The average Bonchev–Trinajstić information content (AvgIpc) is 2.68. The van der Waals surface area contributed by atoms with Crippen LogP contribution in [-0.2, 0) is 9.53 Å². The van der Waals surface area contributed by atoms with Crippen molar-refractivity contribution in [3.05, 3.63) is 58.7 Å². The number of carbonyl (C=O) groups excluding carboxylic acids is 2. The maximum Gasteiger partial charge on any atom is 0.342 e. The Morgan fingerprint density at radius 1 is 1.04 bits per heavy atom. The molecular weight excluding hydrogens is 356 g/mol. The standard InChI is InChI=1S/C22H26N2O4/c1-15-7-8-18(20(25)13-15)22(27)28-14-21(26)24-11-9-23(10-12-24)19-6-4-5-16(2)17(19)3/h4-8,13,25H,9-12,14H2,1-3H3. The molecule has 0 aromatic heterocycles. The molecule has 1 N–H and O–H groups in total. The summed E-state index contributed by atoms with van der Waals surface area (Å²) >= 11 is 0. The molecule has 148 valence electrons. The lowest BCUT2D eigenvalue weighted by atomic mass is 10.1. The van der Waals surface area contributed by atoms with Crippen LogP contribution in [0.5, 0.6) is 5.75 Å². The Morgan fingerprint density at radius 3 is 2.43 bits per heavy atom. The number of carbonyl (C=O) groups is 2. The van der Waals surface area contributed by atoms with Gasteiger partial charge in [0.25, 0.3) is 5.91 Å². The van der Waals surface area contributed by atoms with Gasteiger partial charge in [-0.25, -0.2) is 4.79 Å². The fourth-order valence-corrected chi connectivity index (χ4v) is 3.39. The van der Waals surface area contributed by atoms with E-state index < -0.39 is 5.97 Å². The first-order valence-electron chi connectivity index (χ1n) is 9.42. The van der Waals surface area contributed by atoms with Gasteiger partial charge in [0, 0.05) is 31.9 Å². The number of phenolic OH excluding ortho intramolecular Hbond substituents is 1. The third-order valence-corrected chi connectivity index (χ3v) is 5.25. The molecule has 1 aliphatic rings. The lowest BCUT2D eigenvalue weighted by Crippen LogP contribution is -2.50. The molecule has 28 heavy (non-hydrogen) atoms. The van der Waals surface area contributed by atoms with Crippen LogP contribution in [0.2, 0.25) is 0 Å². The number of aryl methyl sites for hydroxylation is 2. The topological polar surface area (TPSA) is 70.1 Å². The summed E-state index contributed by atoms with van der Waals surface area (Å²) < 4.78 is 5.11. The Morgan fingerprint density at radius 2 is 1.75 bits per heavy atom. The second-order valence-corrected chi connectivity index (χ2v) is 7.18. The lowest BCUT2D eigenvalue weighted by molar-refractivity contribution is -0.134. The van der Waals surface area contributed by atoms with Crippen LogP contribution in [0.1, 0.15) is 27.0 Å². The normalized spacial score (nSPS) is 14.1. The van der Waals surface area contributed by atoms with E-state index in [2.05, 4.69) is 36.9 Å². The van der Waals surface area contributed by atoms with E-state index in [0.29, 0.717) is 13.1 Å². The molecule has 2 aromatic rings. The predicted octanol–water partition coefficient (Wildman–Crippen LogP) is 2.82. The van der Waals surface area contributed by atoms with Gasteiger partial charge in [-0.15, -0.1) is 0 Å². The third kappa shape index (κ3) is 4.27. The van der Waals surface area contributed by atoms with E-state index in [1.807, 2.05) is 6.92 Å². The van der Waals surface area contributed by atoms with Crippen LogP contribution in [0.3, 0.4) is 0 Å². The third-order valence-electron chi connectivity index (χ3n) is 5.25. The monoisotopic (exact) mass is 382 g/mol. The number of piperazine rings is 1. The summed E-state index contributed by atoms with van der Waals surface area (Å²) in [5, 5.41) is 9.85. The van der Waals surface area contributed by atoms with Gasteiger partial charge in [-0.3, -0.25) is 4.79 Å². The number of benzene rings is 2. The molecule has 0 aliphatic carbocycles. The van der Waals surface area contributed by atoms with Crippen LogP contribution in [0.25, 0.3) is 0 Å². The van der Waals surface area contributed by atoms with Crippen molar-refractivity contribution in [1.29, 1.82) is 0 Å². The number of esters is 1. The van der Waals surface area contributed by atoms with Crippen molar-refractivity contribution in [3.8, 4) is 5.75 Å². The summed E-state index contributed by atoms with van der Waals surface area (Å²) in [7, 11) is 0. The van der Waals surface area contributed by atoms with E-state index in [-0.39, 0.29) is 23.8 Å². The van der Waals surface area contributed by atoms with Gasteiger partial charge in [0.05, 0.1) is 0 Å². The summed E-state index contributed by atoms with van der Waals surface area (Å²) in [6, 6.07) is 11.0. The van der Waals surface area contributed by atoms with Gasteiger partial charge in [0.2, 0.25) is 0 Å². The highest BCUT2D eigenvalue weighted by atomic mass is 16.5. The minimum atomic E-state index is -0.695. The van der Waals surface area contributed by atoms with E-state index in [1.165, 1.54) is 28.9 Å². The van der Waals surface area contributed by atoms with Crippen LogP contribution in [0.4, 0.5) is 5.69 Å². The molecule has 0 spiro atoms. The van der Waals surface area contributed by atoms with Crippen LogP contribution in [-0.4, -0.2) is 54.7 Å². The highest BCUT2D eigenvalue weighted by molar-refractivity contribution is 5.94. The first-order chi connectivity index (χ1) is 13.4. The van der Waals surface area contributed by atoms with Gasteiger partial charge in [-0.2, -0.15) is 0 Å². The number of hydrogen-bond acceptors (Lipinski definition) is 5. The molecule has 0 saturated carbocycles. The number of aromatic hydroxyl groups is 1. The Balaban J connectivity index is 1.52. The Hall–Kier alpha value is -3.02. The van der Waals surface area contributed by atoms with E-state index in [4.69, 9.17) is 4.74 Å². The zero-order valence-electron chi connectivity index (χ0n) is 16.6. The van der Waals surface area contributed by atoms with Gasteiger partial charge in [0.15, 0.2) is 6.61 Å². The summed E-state index contributed by atoms with van der Waals surface area (Å²) in [5.41, 5.74) is 4.62. The van der Waals surface area contributed by atoms with Gasteiger partial charge >= 0.3 is 5.97 Å². The number of nitrogens with zero attached hydrogens (tertiary/aromatic N) is 2. The molecule has 0 unspecified atom stereocenters. The molecule has 0 radical (unpaired) electrons. The molecular formula is C22H26N2O4. The Bertz CT molecular complexity index is 886. The second-order valence-electron chi connectivity index (χ2n) is 7.18. The van der Waals surface area contributed by atoms with Crippen molar-refractivity contribution in [2.75, 3.05) is 37.7 Å². The second kappa shape index (κ2) is 8.33. The molecule has 0 bridgehead atoms. The van der Waals surface area contributed by atoms with Crippen LogP contribution >= 0.6 is 0 Å². The lowest BCUT2D eigenvalue weighted by Gasteiger charge is -2.37. The number of anilines is 1. The van der Waals surface area contributed by atoms with Gasteiger partial charge in [-0.05, 0) is 55.7 Å². The maximum absolute atomic E-state index is 12.4. The molecule has 0 atom stereocenters. The highest BCUT2D eigenvalue weighted by Gasteiger charge is 2.23. The smallest absolute Gasteiger partial charge is 0.342 e. The van der Waals surface area contributed by atoms with Gasteiger partial charge < -0.3 is 19.6 Å². The van der Waals surface area contributed by atoms with Crippen molar-refractivity contribution in [2.24, 2.45) is 0 Å².